The van der Waals surface area contributed by atoms with Crippen LogP contribution in [0.3, 0.4) is 0 Å². The van der Waals surface area contributed by atoms with Gasteiger partial charge >= 0.3 is 6.18 Å². The van der Waals surface area contributed by atoms with Crippen molar-refractivity contribution in [1.82, 2.24) is 9.97 Å². The highest BCUT2D eigenvalue weighted by Crippen LogP contribution is 2.26. The second-order valence-electron chi connectivity index (χ2n) is 4.80. The molecule has 0 spiro atoms. The number of anilines is 2. The zero-order valence-corrected chi connectivity index (χ0v) is 12.1. The summed E-state index contributed by atoms with van der Waals surface area (Å²) in [6.07, 6.45) is -2.64. The quantitative estimate of drug-likeness (QED) is 0.830. The van der Waals surface area contributed by atoms with Gasteiger partial charge in [-0.25, -0.2) is 9.97 Å². The van der Waals surface area contributed by atoms with Crippen LogP contribution in [0.1, 0.15) is 12.2 Å². The lowest BCUT2D eigenvalue weighted by Gasteiger charge is -2.19. The second kappa shape index (κ2) is 7.11. The Morgan fingerprint density at radius 2 is 1.86 bits per heavy atom. The van der Waals surface area contributed by atoms with Gasteiger partial charge in [0.05, 0.1) is 0 Å². The molecule has 0 radical (unpaired) electrons. The lowest BCUT2D eigenvalue weighted by Crippen LogP contribution is -2.21. The van der Waals surface area contributed by atoms with Crippen molar-refractivity contribution >= 4 is 11.5 Å². The highest BCUT2D eigenvalue weighted by Gasteiger charge is 2.34. The van der Waals surface area contributed by atoms with Gasteiger partial charge in [-0.15, -0.1) is 0 Å². The normalized spacial score (nSPS) is 11.3. The monoisotopic (exact) mass is 310 g/mol. The molecular weight excluding hydrogens is 293 g/mol. The summed E-state index contributed by atoms with van der Waals surface area (Å²) in [7, 11) is 1.97. The van der Waals surface area contributed by atoms with Crippen LogP contribution in [0, 0.1) is 0 Å². The summed E-state index contributed by atoms with van der Waals surface area (Å²) in [6, 6.07) is 11.3. The van der Waals surface area contributed by atoms with Crippen LogP contribution in [0.2, 0.25) is 0 Å². The number of alkyl halides is 3. The number of nitrogens with one attached hydrogen (secondary N) is 1. The minimum Gasteiger partial charge on any atom is -0.375 e. The molecular formula is C15H17F3N4. The Kier molecular flexibility index (Phi) is 5.19. The van der Waals surface area contributed by atoms with Crippen molar-refractivity contribution in [2.24, 2.45) is 0 Å². The minimum absolute atomic E-state index is 0.185. The van der Waals surface area contributed by atoms with E-state index in [1.165, 1.54) is 6.07 Å². The van der Waals surface area contributed by atoms with Gasteiger partial charge in [0.1, 0.15) is 5.82 Å². The van der Waals surface area contributed by atoms with Crippen LogP contribution in [-0.4, -0.2) is 30.1 Å². The lowest BCUT2D eigenvalue weighted by molar-refractivity contribution is -0.144. The van der Waals surface area contributed by atoms with E-state index in [1.807, 2.05) is 37.4 Å². The summed E-state index contributed by atoms with van der Waals surface area (Å²) in [5, 5.41) is 2.89. The van der Waals surface area contributed by atoms with Gasteiger partial charge in [0.15, 0.2) is 0 Å². The molecule has 0 saturated heterocycles. The molecule has 0 amide bonds. The third kappa shape index (κ3) is 4.61. The summed E-state index contributed by atoms with van der Waals surface area (Å²) in [6.45, 7) is 1.32. The molecule has 0 aliphatic heterocycles. The number of para-hydroxylation sites is 1. The van der Waals surface area contributed by atoms with E-state index in [2.05, 4.69) is 20.2 Å². The van der Waals surface area contributed by atoms with Crippen molar-refractivity contribution in [3.63, 3.8) is 0 Å². The molecule has 1 aromatic carbocycles. The molecule has 118 valence electrons. The molecule has 0 atom stereocenters. The van der Waals surface area contributed by atoms with Crippen molar-refractivity contribution in [2.75, 3.05) is 30.4 Å². The first kappa shape index (κ1) is 16.1. The molecule has 22 heavy (non-hydrogen) atoms. The zero-order chi connectivity index (χ0) is 16.0. The topological polar surface area (TPSA) is 41.0 Å². The van der Waals surface area contributed by atoms with E-state index in [9.17, 15) is 13.2 Å². The first-order valence-corrected chi connectivity index (χ1v) is 6.87. The average Bonchev–Trinajstić information content (AvgIpc) is 2.52. The van der Waals surface area contributed by atoms with Crippen molar-refractivity contribution in [3.05, 3.63) is 48.4 Å². The van der Waals surface area contributed by atoms with Gasteiger partial charge < -0.3 is 10.2 Å². The average molecular weight is 310 g/mol. The molecule has 0 bridgehead atoms. The van der Waals surface area contributed by atoms with Crippen LogP contribution in [-0.2, 0) is 6.18 Å². The van der Waals surface area contributed by atoms with Gasteiger partial charge in [-0.05, 0) is 24.6 Å². The number of hydrogen-bond donors (Lipinski definition) is 1. The third-order valence-corrected chi connectivity index (χ3v) is 3.08. The molecule has 2 rings (SSSR count). The molecule has 1 aromatic heterocycles. The Balaban J connectivity index is 1.80. The van der Waals surface area contributed by atoms with E-state index >= 15 is 0 Å². The fraction of sp³-hybridized carbons (Fsp3) is 0.333. The number of aromatic nitrogens is 2. The van der Waals surface area contributed by atoms with Crippen LogP contribution in [0.5, 0.6) is 0 Å². The van der Waals surface area contributed by atoms with E-state index in [0.29, 0.717) is 6.54 Å². The Bertz CT molecular complexity index is 587. The third-order valence-electron chi connectivity index (χ3n) is 3.08. The molecule has 0 aliphatic carbocycles. The number of nitrogens with zero attached hydrogens (tertiary/aromatic N) is 3. The van der Waals surface area contributed by atoms with Crippen molar-refractivity contribution in [1.29, 1.82) is 0 Å². The number of halogens is 3. The maximum atomic E-state index is 12.5. The molecule has 7 heteroatoms. The van der Waals surface area contributed by atoms with Gasteiger partial charge in [-0.1, -0.05) is 18.2 Å². The molecule has 4 nitrogen and oxygen atoms in total. The zero-order valence-electron chi connectivity index (χ0n) is 12.1. The first-order chi connectivity index (χ1) is 10.5. The van der Waals surface area contributed by atoms with Crippen molar-refractivity contribution in [3.8, 4) is 0 Å². The largest absolute Gasteiger partial charge is 0.451 e. The van der Waals surface area contributed by atoms with E-state index in [0.717, 1.165) is 24.8 Å². The second-order valence-corrected chi connectivity index (χ2v) is 4.80. The number of rotatable bonds is 6. The smallest absolute Gasteiger partial charge is 0.375 e. The molecule has 2 aromatic rings. The summed E-state index contributed by atoms with van der Waals surface area (Å²) in [5.74, 6) is -0.941. The number of benzene rings is 1. The SMILES string of the molecule is CN(CCCNc1ccnc(C(F)(F)F)n1)c1ccccc1. The van der Waals surface area contributed by atoms with Gasteiger partial charge in [-0.2, -0.15) is 13.2 Å². The Labute approximate surface area is 127 Å². The maximum Gasteiger partial charge on any atom is 0.451 e. The lowest BCUT2D eigenvalue weighted by atomic mass is 10.3. The number of hydrogen-bond acceptors (Lipinski definition) is 4. The highest BCUT2D eigenvalue weighted by molar-refractivity contribution is 5.44. The Hall–Kier alpha value is -2.31. The molecule has 0 saturated carbocycles. The fourth-order valence-electron chi connectivity index (χ4n) is 1.94. The van der Waals surface area contributed by atoms with Gasteiger partial charge in [0.2, 0.25) is 5.82 Å². The van der Waals surface area contributed by atoms with E-state index < -0.39 is 12.0 Å². The Morgan fingerprint density at radius 3 is 2.55 bits per heavy atom. The molecule has 0 unspecified atom stereocenters. The predicted octanol–water partition coefficient (Wildman–Crippen LogP) is 3.43. The fourth-order valence-corrected chi connectivity index (χ4v) is 1.94. The summed E-state index contributed by atoms with van der Waals surface area (Å²) in [4.78, 5) is 8.77. The highest BCUT2D eigenvalue weighted by atomic mass is 19.4. The summed E-state index contributed by atoms with van der Waals surface area (Å²) < 4.78 is 37.5. The predicted molar refractivity (Wildman–Crippen MR) is 79.9 cm³/mol. The van der Waals surface area contributed by atoms with Crippen molar-refractivity contribution < 1.29 is 13.2 Å². The molecule has 1 heterocycles. The van der Waals surface area contributed by atoms with Crippen LogP contribution in [0.4, 0.5) is 24.7 Å². The van der Waals surface area contributed by atoms with E-state index in [-0.39, 0.29) is 5.82 Å². The molecule has 1 N–H and O–H groups in total. The van der Waals surface area contributed by atoms with Crippen molar-refractivity contribution in [2.45, 2.75) is 12.6 Å². The van der Waals surface area contributed by atoms with Gasteiger partial charge in [0.25, 0.3) is 0 Å². The summed E-state index contributed by atoms with van der Waals surface area (Å²) in [5.41, 5.74) is 1.10. The van der Waals surface area contributed by atoms with E-state index in [4.69, 9.17) is 0 Å². The van der Waals surface area contributed by atoms with Crippen LogP contribution in [0.25, 0.3) is 0 Å². The van der Waals surface area contributed by atoms with Gasteiger partial charge in [0, 0.05) is 32.0 Å². The van der Waals surface area contributed by atoms with Crippen LogP contribution >= 0.6 is 0 Å². The standard InChI is InChI=1S/C15H17F3N4/c1-22(12-6-3-2-4-7-12)11-5-9-19-13-8-10-20-14(21-13)15(16,17)18/h2-4,6-8,10H,5,9,11H2,1H3,(H,19,20,21). The van der Waals surface area contributed by atoms with E-state index in [1.54, 1.807) is 0 Å². The maximum absolute atomic E-state index is 12.5. The van der Waals surface area contributed by atoms with Crippen LogP contribution in [0.15, 0.2) is 42.6 Å². The first-order valence-electron chi connectivity index (χ1n) is 6.87. The minimum atomic E-state index is -4.52. The van der Waals surface area contributed by atoms with Crippen LogP contribution < -0.4 is 10.2 Å². The summed E-state index contributed by atoms with van der Waals surface area (Å²) >= 11 is 0. The molecule has 0 fully saturated rings. The van der Waals surface area contributed by atoms with Gasteiger partial charge in [-0.3, -0.25) is 0 Å². The Morgan fingerprint density at radius 1 is 1.14 bits per heavy atom. The molecule has 0 aliphatic rings.